The molecule has 0 atom stereocenters. The Kier molecular flexibility index (Phi) is 7.37. The topological polar surface area (TPSA) is 84.5 Å². The molecule has 2 heterocycles. The molecule has 0 saturated carbocycles. The molecule has 6 nitrogen and oxygen atoms in total. The summed E-state index contributed by atoms with van der Waals surface area (Å²) in [5.74, 6) is -1.11. The molecule has 0 fully saturated rings. The van der Waals surface area contributed by atoms with E-state index in [4.69, 9.17) is 4.74 Å². The number of carbonyl (C=O) groups is 3. The predicted octanol–water partition coefficient (Wildman–Crippen LogP) is 4.41. The number of thiophene rings is 2. The Morgan fingerprint density at radius 3 is 2.50 bits per heavy atom. The summed E-state index contributed by atoms with van der Waals surface area (Å²) in [7, 11) is 0. The van der Waals surface area contributed by atoms with E-state index in [9.17, 15) is 14.4 Å². The highest BCUT2D eigenvalue weighted by atomic mass is 32.1. The van der Waals surface area contributed by atoms with Gasteiger partial charge in [0.25, 0.3) is 5.91 Å². The molecule has 0 aliphatic carbocycles. The number of ether oxygens (including phenoxy) is 1. The van der Waals surface area contributed by atoms with E-state index in [2.05, 4.69) is 10.6 Å². The van der Waals surface area contributed by atoms with Crippen LogP contribution in [0.25, 0.3) is 0 Å². The number of hydrogen-bond donors (Lipinski definition) is 2. The van der Waals surface area contributed by atoms with Crippen LogP contribution >= 0.6 is 22.7 Å². The average molecular weight is 443 g/mol. The van der Waals surface area contributed by atoms with Gasteiger partial charge >= 0.3 is 5.97 Å². The van der Waals surface area contributed by atoms with Gasteiger partial charge in [0, 0.05) is 11.4 Å². The molecule has 2 amide bonds. The van der Waals surface area contributed by atoms with Gasteiger partial charge in [0.2, 0.25) is 5.91 Å². The van der Waals surface area contributed by atoms with Crippen molar-refractivity contribution in [3.05, 3.63) is 74.3 Å². The molecule has 2 aromatic heterocycles. The second-order valence-electron chi connectivity index (χ2n) is 6.45. The van der Waals surface area contributed by atoms with E-state index >= 15 is 0 Å². The fraction of sp³-hybridized carbons (Fsp3) is 0.227. The van der Waals surface area contributed by atoms with Crippen LogP contribution in [0.5, 0.6) is 0 Å². The summed E-state index contributed by atoms with van der Waals surface area (Å²) in [6.45, 7) is 3.97. The molecule has 156 valence electrons. The molecule has 3 rings (SSSR count). The van der Waals surface area contributed by atoms with Crippen LogP contribution in [-0.2, 0) is 22.5 Å². The highest BCUT2D eigenvalue weighted by Crippen LogP contribution is 2.34. The molecule has 2 N–H and O–H groups in total. The maximum Gasteiger partial charge on any atom is 0.341 e. The van der Waals surface area contributed by atoms with Crippen molar-refractivity contribution in [2.45, 2.75) is 26.8 Å². The molecule has 3 aromatic rings. The lowest BCUT2D eigenvalue weighted by Gasteiger charge is -2.07. The van der Waals surface area contributed by atoms with Gasteiger partial charge in [0.1, 0.15) is 5.00 Å². The van der Waals surface area contributed by atoms with Crippen molar-refractivity contribution in [1.82, 2.24) is 5.32 Å². The molecular formula is C22H22N2O4S2. The SMILES string of the molecule is CCOC(=O)c1c(NC(=O)Cc2cccs2)sc(C(=O)NCc2ccccc2)c1C. The summed E-state index contributed by atoms with van der Waals surface area (Å²) >= 11 is 2.57. The van der Waals surface area contributed by atoms with Crippen LogP contribution in [-0.4, -0.2) is 24.4 Å². The van der Waals surface area contributed by atoms with Crippen LogP contribution < -0.4 is 10.6 Å². The molecule has 0 unspecified atom stereocenters. The molecule has 0 aliphatic rings. The minimum absolute atomic E-state index is 0.201. The first-order valence-corrected chi connectivity index (χ1v) is 11.1. The largest absolute Gasteiger partial charge is 0.462 e. The van der Waals surface area contributed by atoms with Crippen molar-refractivity contribution in [2.24, 2.45) is 0 Å². The number of amides is 2. The van der Waals surface area contributed by atoms with E-state index in [-0.39, 0.29) is 30.4 Å². The molecule has 1 aromatic carbocycles. The third kappa shape index (κ3) is 5.34. The predicted molar refractivity (Wildman–Crippen MR) is 119 cm³/mol. The number of anilines is 1. The van der Waals surface area contributed by atoms with Crippen molar-refractivity contribution in [3.8, 4) is 0 Å². The standard InChI is InChI=1S/C22H22N2O4S2/c1-3-28-22(27)18-14(2)19(20(26)23-13-15-8-5-4-6-9-15)30-21(18)24-17(25)12-16-10-7-11-29-16/h4-11H,3,12-13H2,1-2H3,(H,23,26)(H,24,25). The Morgan fingerprint density at radius 2 is 1.83 bits per heavy atom. The molecule has 0 aliphatic heterocycles. The Bertz CT molecular complexity index is 1030. The first-order valence-electron chi connectivity index (χ1n) is 9.44. The normalized spacial score (nSPS) is 10.5. The Balaban J connectivity index is 1.81. The zero-order valence-electron chi connectivity index (χ0n) is 16.7. The maximum absolute atomic E-state index is 12.8. The zero-order chi connectivity index (χ0) is 21.5. The van der Waals surface area contributed by atoms with E-state index in [0.29, 0.717) is 22.0 Å². The van der Waals surface area contributed by atoms with Gasteiger partial charge in [0.15, 0.2) is 0 Å². The lowest BCUT2D eigenvalue weighted by Crippen LogP contribution is -2.22. The molecule has 0 saturated heterocycles. The lowest BCUT2D eigenvalue weighted by molar-refractivity contribution is -0.115. The van der Waals surface area contributed by atoms with E-state index < -0.39 is 5.97 Å². The van der Waals surface area contributed by atoms with E-state index in [1.807, 2.05) is 47.8 Å². The van der Waals surface area contributed by atoms with Crippen molar-refractivity contribution in [1.29, 1.82) is 0 Å². The fourth-order valence-electron chi connectivity index (χ4n) is 2.87. The van der Waals surface area contributed by atoms with Crippen molar-refractivity contribution < 1.29 is 19.1 Å². The smallest absolute Gasteiger partial charge is 0.341 e. The molecule has 0 radical (unpaired) electrons. The fourth-order valence-corrected chi connectivity index (χ4v) is 4.70. The maximum atomic E-state index is 12.8. The summed E-state index contributed by atoms with van der Waals surface area (Å²) in [4.78, 5) is 39.0. The lowest BCUT2D eigenvalue weighted by atomic mass is 10.1. The van der Waals surface area contributed by atoms with Crippen molar-refractivity contribution in [2.75, 3.05) is 11.9 Å². The molecule has 30 heavy (non-hydrogen) atoms. The third-order valence-corrected chi connectivity index (χ3v) is 6.38. The third-order valence-electron chi connectivity index (χ3n) is 4.30. The number of benzene rings is 1. The van der Waals surface area contributed by atoms with Gasteiger partial charge in [-0.3, -0.25) is 9.59 Å². The summed E-state index contributed by atoms with van der Waals surface area (Å²) < 4.78 is 5.15. The van der Waals surface area contributed by atoms with Crippen LogP contribution in [0, 0.1) is 6.92 Å². The van der Waals surface area contributed by atoms with Crippen LogP contribution in [0.1, 0.15) is 43.0 Å². The Morgan fingerprint density at radius 1 is 1.07 bits per heavy atom. The van der Waals surface area contributed by atoms with Gasteiger partial charge in [0.05, 0.1) is 23.5 Å². The van der Waals surface area contributed by atoms with Gasteiger partial charge in [-0.1, -0.05) is 36.4 Å². The minimum Gasteiger partial charge on any atom is -0.462 e. The van der Waals surface area contributed by atoms with Gasteiger partial charge in [-0.2, -0.15) is 0 Å². The van der Waals surface area contributed by atoms with Gasteiger partial charge in [-0.25, -0.2) is 4.79 Å². The van der Waals surface area contributed by atoms with Crippen LogP contribution in [0.3, 0.4) is 0 Å². The number of carbonyl (C=O) groups excluding carboxylic acids is 3. The summed E-state index contributed by atoms with van der Waals surface area (Å²) in [5, 5.41) is 7.88. The van der Waals surface area contributed by atoms with Crippen molar-refractivity contribution >= 4 is 45.5 Å². The van der Waals surface area contributed by atoms with Crippen molar-refractivity contribution in [3.63, 3.8) is 0 Å². The van der Waals surface area contributed by atoms with Gasteiger partial charge in [-0.05, 0) is 36.4 Å². The Hall–Kier alpha value is -2.97. The first kappa shape index (κ1) is 21.7. The number of rotatable bonds is 8. The second kappa shape index (κ2) is 10.2. The molecule has 8 heteroatoms. The molecular weight excluding hydrogens is 420 g/mol. The zero-order valence-corrected chi connectivity index (χ0v) is 18.3. The highest BCUT2D eigenvalue weighted by Gasteiger charge is 2.26. The minimum atomic E-state index is -0.556. The monoisotopic (exact) mass is 442 g/mol. The van der Waals surface area contributed by atoms with Gasteiger partial charge in [-0.15, -0.1) is 22.7 Å². The number of hydrogen-bond acceptors (Lipinski definition) is 6. The summed E-state index contributed by atoms with van der Waals surface area (Å²) in [6, 6.07) is 13.3. The first-order chi connectivity index (χ1) is 14.5. The summed E-state index contributed by atoms with van der Waals surface area (Å²) in [6.07, 6.45) is 0.201. The van der Waals surface area contributed by atoms with Crippen LogP contribution in [0.2, 0.25) is 0 Å². The number of nitrogens with one attached hydrogen (secondary N) is 2. The number of esters is 1. The van der Waals surface area contributed by atoms with Crippen LogP contribution in [0.4, 0.5) is 5.00 Å². The molecule has 0 spiro atoms. The van der Waals surface area contributed by atoms with E-state index in [1.54, 1.807) is 13.8 Å². The highest BCUT2D eigenvalue weighted by molar-refractivity contribution is 7.18. The van der Waals surface area contributed by atoms with Crippen LogP contribution in [0.15, 0.2) is 47.8 Å². The summed E-state index contributed by atoms with van der Waals surface area (Å²) in [5.41, 5.74) is 1.69. The Labute approximate surface area is 182 Å². The quantitative estimate of drug-likeness (QED) is 0.506. The molecule has 0 bridgehead atoms. The van der Waals surface area contributed by atoms with Gasteiger partial charge < -0.3 is 15.4 Å². The average Bonchev–Trinajstić information content (AvgIpc) is 3.34. The second-order valence-corrected chi connectivity index (χ2v) is 8.51. The van der Waals surface area contributed by atoms with E-state index in [1.165, 1.54) is 11.3 Å². The van der Waals surface area contributed by atoms with E-state index in [0.717, 1.165) is 21.8 Å².